The van der Waals surface area contributed by atoms with Crippen molar-refractivity contribution in [1.82, 2.24) is 0 Å². The van der Waals surface area contributed by atoms with Gasteiger partial charge in [-0.3, -0.25) is 0 Å². The molecule has 1 rings (SSSR count). The molecule has 0 atom stereocenters. The van der Waals surface area contributed by atoms with Crippen molar-refractivity contribution in [2.24, 2.45) is 0 Å². The van der Waals surface area contributed by atoms with E-state index in [1.165, 1.54) is 5.56 Å². The Morgan fingerprint density at radius 3 is 3.00 bits per heavy atom. The van der Waals surface area contributed by atoms with Crippen LogP contribution < -0.4 is 0 Å². The molecule has 0 aliphatic carbocycles. The van der Waals surface area contributed by atoms with Crippen molar-refractivity contribution in [1.29, 1.82) is 0 Å². The lowest BCUT2D eigenvalue weighted by Crippen LogP contribution is -1.92. The summed E-state index contributed by atoms with van der Waals surface area (Å²) in [6, 6.07) is 8.14. The predicted octanol–water partition coefficient (Wildman–Crippen LogP) is 3.54. The van der Waals surface area contributed by atoms with E-state index >= 15 is 0 Å². The van der Waals surface area contributed by atoms with E-state index in [1.807, 2.05) is 31.2 Å². The third kappa shape index (κ3) is 4.25. The average molecular weight is 241 g/mol. The third-order valence-electron chi connectivity index (χ3n) is 1.61. The largest absolute Gasteiger partial charge is 0.373 e. The fourth-order valence-corrected chi connectivity index (χ4v) is 1.41. The van der Waals surface area contributed by atoms with Gasteiger partial charge in [-0.05, 0) is 24.6 Å². The van der Waals surface area contributed by atoms with Crippen molar-refractivity contribution >= 4 is 15.9 Å². The maximum atomic E-state index is 5.41. The number of hydrogen-bond donors (Lipinski definition) is 0. The summed E-state index contributed by atoms with van der Waals surface area (Å²) in [4.78, 5) is 0. The van der Waals surface area contributed by atoms with Crippen LogP contribution in [0, 0.1) is 0 Å². The van der Waals surface area contributed by atoms with Crippen LogP contribution in [0.15, 0.2) is 40.9 Å². The van der Waals surface area contributed by atoms with Crippen LogP contribution in [0.25, 0.3) is 0 Å². The summed E-state index contributed by atoms with van der Waals surface area (Å²) in [5.41, 5.74) is 1.19. The van der Waals surface area contributed by atoms with Crippen LogP contribution in [0.1, 0.15) is 12.5 Å². The molecule has 1 aromatic carbocycles. The van der Waals surface area contributed by atoms with Crippen LogP contribution in [0.5, 0.6) is 0 Å². The standard InChI is InChI=1S/C11H13BrO/c1-2-3-7-13-9-10-5-4-6-11(12)8-10/h2-6,8H,7,9H2,1H3. The Balaban J connectivity index is 2.36. The number of hydrogen-bond acceptors (Lipinski definition) is 1. The zero-order chi connectivity index (χ0) is 9.52. The van der Waals surface area contributed by atoms with Crippen molar-refractivity contribution in [3.63, 3.8) is 0 Å². The highest BCUT2D eigenvalue weighted by Crippen LogP contribution is 2.12. The Labute approximate surface area is 87.5 Å². The van der Waals surface area contributed by atoms with E-state index < -0.39 is 0 Å². The van der Waals surface area contributed by atoms with E-state index in [0.717, 1.165) is 4.47 Å². The molecule has 0 aliphatic heterocycles. The monoisotopic (exact) mass is 240 g/mol. The van der Waals surface area contributed by atoms with Crippen molar-refractivity contribution in [2.45, 2.75) is 13.5 Å². The molecular formula is C11H13BrO. The summed E-state index contributed by atoms with van der Waals surface area (Å²) in [5, 5.41) is 0. The Kier molecular flexibility index (Phi) is 4.79. The molecular weight excluding hydrogens is 228 g/mol. The smallest absolute Gasteiger partial charge is 0.0721 e. The summed E-state index contributed by atoms with van der Waals surface area (Å²) < 4.78 is 6.50. The molecule has 0 spiro atoms. The highest BCUT2D eigenvalue weighted by atomic mass is 79.9. The second kappa shape index (κ2) is 5.95. The van der Waals surface area contributed by atoms with E-state index in [4.69, 9.17) is 4.74 Å². The summed E-state index contributed by atoms with van der Waals surface area (Å²) >= 11 is 3.42. The van der Waals surface area contributed by atoms with Gasteiger partial charge in [-0.2, -0.15) is 0 Å². The van der Waals surface area contributed by atoms with E-state index in [1.54, 1.807) is 0 Å². The average Bonchev–Trinajstić information content (AvgIpc) is 2.13. The van der Waals surface area contributed by atoms with Gasteiger partial charge in [0.25, 0.3) is 0 Å². The summed E-state index contributed by atoms with van der Waals surface area (Å²) in [7, 11) is 0. The number of rotatable bonds is 4. The minimum atomic E-state index is 0.670. The van der Waals surface area contributed by atoms with Gasteiger partial charge < -0.3 is 4.74 Å². The van der Waals surface area contributed by atoms with Crippen molar-refractivity contribution < 1.29 is 4.74 Å². The molecule has 0 saturated carbocycles. The highest BCUT2D eigenvalue weighted by molar-refractivity contribution is 9.10. The summed E-state index contributed by atoms with van der Waals surface area (Å²) in [5.74, 6) is 0. The summed E-state index contributed by atoms with van der Waals surface area (Å²) in [6.07, 6.45) is 3.99. The van der Waals surface area contributed by atoms with Gasteiger partial charge in [-0.1, -0.05) is 40.2 Å². The molecule has 0 N–H and O–H groups in total. The van der Waals surface area contributed by atoms with Gasteiger partial charge in [-0.25, -0.2) is 0 Å². The molecule has 13 heavy (non-hydrogen) atoms. The summed E-state index contributed by atoms with van der Waals surface area (Å²) in [6.45, 7) is 3.34. The van der Waals surface area contributed by atoms with Crippen LogP contribution in [0.2, 0.25) is 0 Å². The molecule has 0 bridgehead atoms. The zero-order valence-electron chi connectivity index (χ0n) is 7.66. The van der Waals surface area contributed by atoms with Crippen LogP contribution in [0.4, 0.5) is 0 Å². The van der Waals surface area contributed by atoms with Crippen LogP contribution >= 0.6 is 15.9 Å². The molecule has 0 aliphatic rings. The van der Waals surface area contributed by atoms with Gasteiger partial charge in [0.2, 0.25) is 0 Å². The molecule has 1 aromatic rings. The fourth-order valence-electron chi connectivity index (χ4n) is 0.968. The minimum absolute atomic E-state index is 0.670. The number of benzene rings is 1. The first-order valence-electron chi connectivity index (χ1n) is 4.26. The molecule has 0 aromatic heterocycles. The first-order chi connectivity index (χ1) is 6.33. The number of halogens is 1. The predicted molar refractivity (Wildman–Crippen MR) is 58.6 cm³/mol. The Morgan fingerprint density at radius 2 is 2.31 bits per heavy atom. The van der Waals surface area contributed by atoms with Gasteiger partial charge in [0.15, 0.2) is 0 Å². The Hall–Kier alpha value is -0.600. The molecule has 0 unspecified atom stereocenters. The topological polar surface area (TPSA) is 9.23 Å². The number of allylic oxidation sites excluding steroid dienone is 1. The van der Waals surface area contributed by atoms with Gasteiger partial charge >= 0.3 is 0 Å². The Morgan fingerprint density at radius 1 is 1.46 bits per heavy atom. The lowest BCUT2D eigenvalue weighted by Gasteiger charge is -2.01. The minimum Gasteiger partial charge on any atom is -0.373 e. The molecule has 1 nitrogen and oxygen atoms in total. The fraction of sp³-hybridized carbons (Fsp3) is 0.273. The van der Waals surface area contributed by atoms with E-state index in [-0.39, 0.29) is 0 Å². The zero-order valence-corrected chi connectivity index (χ0v) is 9.25. The van der Waals surface area contributed by atoms with Crippen molar-refractivity contribution in [3.05, 3.63) is 46.5 Å². The lowest BCUT2D eigenvalue weighted by molar-refractivity contribution is 0.148. The lowest BCUT2D eigenvalue weighted by atomic mass is 10.2. The Bertz CT molecular complexity index is 281. The van der Waals surface area contributed by atoms with Crippen LogP contribution in [-0.2, 0) is 11.3 Å². The van der Waals surface area contributed by atoms with E-state index in [2.05, 4.69) is 28.1 Å². The maximum absolute atomic E-state index is 5.41. The van der Waals surface area contributed by atoms with Gasteiger partial charge in [0.1, 0.15) is 0 Å². The SMILES string of the molecule is CC=CCOCc1cccc(Br)c1. The second-order valence-corrected chi connectivity index (χ2v) is 3.63. The highest BCUT2D eigenvalue weighted by Gasteiger charge is 1.92. The van der Waals surface area contributed by atoms with Crippen molar-refractivity contribution in [3.8, 4) is 0 Å². The molecule has 0 radical (unpaired) electrons. The van der Waals surface area contributed by atoms with Gasteiger partial charge in [0, 0.05) is 4.47 Å². The first kappa shape index (κ1) is 10.5. The van der Waals surface area contributed by atoms with Gasteiger partial charge in [0.05, 0.1) is 13.2 Å². The van der Waals surface area contributed by atoms with Crippen LogP contribution in [-0.4, -0.2) is 6.61 Å². The molecule has 0 amide bonds. The molecule has 70 valence electrons. The van der Waals surface area contributed by atoms with E-state index in [9.17, 15) is 0 Å². The molecule has 0 heterocycles. The first-order valence-corrected chi connectivity index (χ1v) is 5.05. The van der Waals surface area contributed by atoms with E-state index in [0.29, 0.717) is 13.2 Å². The van der Waals surface area contributed by atoms with Gasteiger partial charge in [-0.15, -0.1) is 0 Å². The maximum Gasteiger partial charge on any atom is 0.0721 e. The quantitative estimate of drug-likeness (QED) is 0.578. The molecule has 0 saturated heterocycles. The normalized spacial score (nSPS) is 10.9. The van der Waals surface area contributed by atoms with Crippen molar-refractivity contribution in [2.75, 3.05) is 6.61 Å². The third-order valence-corrected chi connectivity index (χ3v) is 2.10. The van der Waals surface area contributed by atoms with Crippen LogP contribution in [0.3, 0.4) is 0 Å². The molecule has 0 fully saturated rings. The molecule has 2 heteroatoms. The second-order valence-electron chi connectivity index (χ2n) is 2.71. The number of ether oxygens (including phenoxy) is 1.